The van der Waals surface area contributed by atoms with Crippen molar-refractivity contribution in [3.63, 3.8) is 0 Å². The van der Waals surface area contributed by atoms with Gasteiger partial charge in [0.15, 0.2) is 0 Å². The fourth-order valence-electron chi connectivity index (χ4n) is 2.87. The molecule has 0 saturated heterocycles. The van der Waals surface area contributed by atoms with Crippen LogP contribution in [-0.4, -0.2) is 11.7 Å². The third-order valence-electron chi connectivity index (χ3n) is 3.99. The molecule has 1 heteroatoms. The minimum Gasteiger partial charge on any atom is -0.396 e. The van der Waals surface area contributed by atoms with E-state index in [9.17, 15) is 0 Å². The highest BCUT2D eigenvalue weighted by Crippen LogP contribution is 2.64. The minimum absolute atomic E-state index is 0.411. The summed E-state index contributed by atoms with van der Waals surface area (Å²) in [6, 6.07) is 0. The van der Waals surface area contributed by atoms with E-state index in [2.05, 4.69) is 13.8 Å². The second-order valence-corrected chi connectivity index (χ2v) is 4.83. The SMILES string of the molecule is CC1(C)C(CO)C1C1CCC1. The lowest BCUT2D eigenvalue weighted by Gasteiger charge is -2.26. The van der Waals surface area contributed by atoms with Gasteiger partial charge in [0.05, 0.1) is 0 Å². The predicted molar refractivity (Wildman–Crippen MR) is 45.2 cm³/mol. The van der Waals surface area contributed by atoms with E-state index in [-0.39, 0.29) is 0 Å². The number of aliphatic hydroxyl groups is 1. The Labute approximate surface area is 68.8 Å². The number of aliphatic hydroxyl groups excluding tert-OH is 1. The van der Waals surface area contributed by atoms with Crippen LogP contribution < -0.4 is 0 Å². The average molecular weight is 154 g/mol. The van der Waals surface area contributed by atoms with Gasteiger partial charge in [0.2, 0.25) is 0 Å². The van der Waals surface area contributed by atoms with Crippen LogP contribution >= 0.6 is 0 Å². The summed E-state index contributed by atoms with van der Waals surface area (Å²) >= 11 is 0. The van der Waals surface area contributed by atoms with E-state index < -0.39 is 0 Å². The van der Waals surface area contributed by atoms with Crippen LogP contribution in [0.4, 0.5) is 0 Å². The smallest absolute Gasteiger partial charge is 0.0467 e. The van der Waals surface area contributed by atoms with Crippen LogP contribution in [0, 0.1) is 23.2 Å². The zero-order chi connectivity index (χ0) is 8.06. The van der Waals surface area contributed by atoms with Crippen molar-refractivity contribution in [1.29, 1.82) is 0 Å². The lowest BCUT2D eigenvalue weighted by molar-refractivity contribution is 0.222. The largest absolute Gasteiger partial charge is 0.396 e. The van der Waals surface area contributed by atoms with Gasteiger partial charge >= 0.3 is 0 Å². The second kappa shape index (κ2) is 2.22. The van der Waals surface area contributed by atoms with Crippen molar-refractivity contribution in [3.05, 3.63) is 0 Å². The molecule has 0 aromatic carbocycles. The Morgan fingerprint density at radius 1 is 1.36 bits per heavy atom. The van der Waals surface area contributed by atoms with Gasteiger partial charge in [-0.2, -0.15) is 0 Å². The van der Waals surface area contributed by atoms with Crippen molar-refractivity contribution in [1.82, 2.24) is 0 Å². The van der Waals surface area contributed by atoms with Crippen molar-refractivity contribution in [2.75, 3.05) is 6.61 Å². The van der Waals surface area contributed by atoms with E-state index in [0.29, 0.717) is 17.9 Å². The predicted octanol–water partition coefficient (Wildman–Crippen LogP) is 2.05. The maximum Gasteiger partial charge on any atom is 0.0467 e. The molecule has 1 nitrogen and oxygen atoms in total. The van der Waals surface area contributed by atoms with Gasteiger partial charge < -0.3 is 5.11 Å². The molecule has 2 aliphatic rings. The van der Waals surface area contributed by atoms with E-state index in [1.807, 2.05) is 0 Å². The molecule has 0 aromatic rings. The third-order valence-corrected chi connectivity index (χ3v) is 3.99. The first kappa shape index (κ1) is 7.60. The molecule has 2 unspecified atom stereocenters. The molecule has 2 atom stereocenters. The Hall–Kier alpha value is -0.0400. The molecule has 0 aliphatic heterocycles. The van der Waals surface area contributed by atoms with Crippen molar-refractivity contribution < 1.29 is 5.11 Å². The topological polar surface area (TPSA) is 20.2 Å². The molecule has 1 N–H and O–H groups in total. The zero-order valence-electron chi connectivity index (χ0n) is 7.51. The summed E-state index contributed by atoms with van der Waals surface area (Å²) in [5.41, 5.74) is 0.458. The summed E-state index contributed by atoms with van der Waals surface area (Å²) in [7, 11) is 0. The van der Waals surface area contributed by atoms with Crippen LogP contribution in [0.15, 0.2) is 0 Å². The Balaban J connectivity index is 1.96. The van der Waals surface area contributed by atoms with Crippen LogP contribution in [0.2, 0.25) is 0 Å². The van der Waals surface area contributed by atoms with Crippen LogP contribution in [0.3, 0.4) is 0 Å². The summed E-state index contributed by atoms with van der Waals surface area (Å²) in [6.45, 7) is 5.02. The molecule has 0 radical (unpaired) electrons. The first-order chi connectivity index (χ1) is 5.18. The molecule has 0 amide bonds. The molecule has 0 spiro atoms. The van der Waals surface area contributed by atoms with Crippen molar-refractivity contribution in [2.45, 2.75) is 33.1 Å². The first-order valence-corrected chi connectivity index (χ1v) is 4.78. The van der Waals surface area contributed by atoms with Gasteiger partial charge in [0.25, 0.3) is 0 Å². The first-order valence-electron chi connectivity index (χ1n) is 4.78. The van der Waals surface area contributed by atoms with Crippen LogP contribution in [-0.2, 0) is 0 Å². The molecular weight excluding hydrogens is 136 g/mol. The third kappa shape index (κ3) is 0.936. The molecule has 0 heterocycles. The zero-order valence-corrected chi connectivity index (χ0v) is 7.51. The van der Waals surface area contributed by atoms with Gasteiger partial charge in [-0.25, -0.2) is 0 Å². The summed E-state index contributed by atoms with van der Waals surface area (Å²) in [4.78, 5) is 0. The Bertz CT molecular complexity index is 158. The normalized spacial score (nSPS) is 41.7. The van der Waals surface area contributed by atoms with E-state index in [4.69, 9.17) is 5.11 Å². The van der Waals surface area contributed by atoms with Gasteiger partial charge in [-0.1, -0.05) is 33.1 Å². The summed E-state index contributed by atoms with van der Waals surface area (Å²) in [6.07, 6.45) is 4.27. The maximum atomic E-state index is 9.08. The average Bonchev–Trinajstić information content (AvgIpc) is 2.31. The van der Waals surface area contributed by atoms with E-state index in [1.54, 1.807) is 0 Å². The standard InChI is InChI=1S/C10H18O/c1-10(2)8(6-11)9(10)7-4-3-5-7/h7-9,11H,3-6H2,1-2H3. The molecule has 0 aromatic heterocycles. The lowest BCUT2D eigenvalue weighted by atomic mass is 9.79. The van der Waals surface area contributed by atoms with Crippen LogP contribution in [0.25, 0.3) is 0 Å². The highest BCUT2D eigenvalue weighted by Gasteiger charge is 2.60. The summed E-state index contributed by atoms with van der Waals surface area (Å²) < 4.78 is 0. The van der Waals surface area contributed by atoms with E-state index in [1.165, 1.54) is 19.3 Å². The Morgan fingerprint density at radius 2 is 2.00 bits per heavy atom. The number of rotatable bonds is 2. The van der Waals surface area contributed by atoms with Gasteiger partial charge in [0, 0.05) is 6.61 Å². The molecule has 2 saturated carbocycles. The van der Waals surface area contributed by atoms with Crippen molar-refractivity contribution >= 4 is 0 Å². The Morgan fingerprint density at radius 3 is 2.27 bits per heavy atom. The monoisotopic (exact) mass is 154 g/mol. The van der Waals surface area contributed by atoms with Gasteiger partial charge in [0.1, 0.15) is 0 Å². The van der Waals surface area contributed by atoms with Crippen LogP contribution in [0.1, 0.15) is 33.1 Å². The molecule has 0 bridgehead atoms. The number of hydrogen-bond acceptors (Lipinski definition) is 1. The molecule has 2 rings (SSSR count). The fourth-order valence-corrected chi connectivity index (χ4v) is 2.87. The van der Waals surface area contributed by atoms with Gasteiger partial charge in [-0.15, -0.1) is 0 Å². The molecule has 2 fully saturated rings. The highest BCUT2D eigenvalue weighted by molar-refractivity contribution is 5.08. The highest BCUT2D eigenvalue weighted by atomic mass is 16.3. The number of hydrogen-bond donors (Lipinski definition) is 1. The van der Waals surface area contributed by atoms with Gasteiger partial charge in [-0.05, 0) is 23.2 Å². The molecular formula is C10H18O. The molecule has 64 valence electrons. The van der Waals surface area contributed by atoms with Crippen molar-refractivity contribution in [3.8, 4) is 0 Å². The lowest BCUT2D eigenvalue weighted by Crippen LogP contribution is -2.16. The van der Waals surface area contributed by atoms with E-state index >= 15 is 0 Å². The quantitative estimate of drug-likeness (QED) is 0.645. The minimum atomic E-state index is 0.411. The van der Waals surface area contributed by atoms with E-state index in [0.717, 1.165) is 11.8 Å². The molecule has 2 aliphatic carbocycles. The summed E-state index contributed by atoms with van der Waals surface area (Å²) in [5, 5.41) is 9.08. The Kier molecular flexibility index (Phi) is 1.54. The van der Waals surface area contributed by atoms with Crippen LogP contribution in [0.5, 0.6) is 0 Å². The van der Waals surface area contributed by atoms with Gasteiger partial charge in [-0.3, -0.25) is 0 Å². The molecule has 11 heavy (non-hydrogen) atoms. The fraction of sp³-hybridized carbons (Fsp3) is 1.00. The van der Waals surface area contributed by atoms with Crippen molar-refractivity contribution in [2.24, 2.45) is 23.2 Å². The maximum absolute atomic E-state index is 9.08. The summed E-state index contributed by atoms with van der Waals surface area (Å²) in [5.74, 6) is 2.43. The second-order valence-electron chi connectivity index (χ2n) is 4.83.